The van der Waals surface area contributed by atoms with Crippen LogP contribution in [0.1, 0.15) is 44.6 Å². The number of likely N-dealkylation sites (tertiary alicyclic amines) is 2. The first-order valence-corrected chi connectivity index (χ1v) is 9.41. The average molecular weight is 346 g/mol. The predicted molar refractivity (Wildman–Crippen MR) is 97.6 cm³/mol. The van der Waals surface area contributed by atoms with Gasteiger partial charge in [-0.25, -0.2) is 0 Å². The number of rotatable bonds is 5. The number of methoxy groups -OCH3 is 1. The summed E-state index contributed by atoms with van der Waals surface area (Å²) >= 11 is 0. The summed E-state index contributed by atoms with van der Waals surface area (Å²) in [6, 6.07) is 7.56. The Morgan fingerprint density at radius 3 is 2.48 bits per heavy atom. The van der Waals surface area contributed by atoms with Crippen LogP contribution in [-0.4, -0.2) is 60.1 Å². The van der Waals surface area contributed by atoms with Crippen LogP contribution in [0.15, 0.2) is 24.3 Å². The summed E-state index contributed by atoms with van der Waals surface area (Å²) in [7, 11) is 1.64. The third-order valence-corrected chi connectivity index (χ3v) is 5.73. The number of benzene rings is 1. The smallest absolute Gasteiger partial charge is 0.236 e. The van der Waals surface area contributed by atoms with Gasteiger partial charge in [-0.05, 0) is 63.3 Å². The van der Waals surface area contributed by atoms with Crippen molar-refractivity contribution >= 4 is 5.91 Å². The monoisotopic (exact) mass is 346 g/mol. The fraction of sp³-hybridized carbons (Fsp3) is 0.650. The summed E-state index contributed by atoms with van der Waals surface area (Å²) in [5.74, 6) is 0.986. The molecule has 2 aliphatic heterocycles. The number of nitrogens with zero attached hydrogens (tertiary/aromatic N) is 2. The second kappa shape index (κ2) is 7.75. The highest BCUT2D eigenvalue weighted by atomic mass is 16.5. The number of piperidine rings is 1. The summed E-state index contributed by atoms with van der Waals surface area (Å²) in [4.78, 5) is 16.8. The Hall–Kier alpha value is -1.59. The van der Waals surface area contributed by atoms with Crippen LogP contribution in [0.4, 0.5) is 0 Å². The summed E-state index contributed by atoms with van der Waals surface area (Å²) < 4.78 is 5.21. The van der Waals surface area contributed by atoms with E-state index in [1.807, 2.05) is 36.1 Å². The molecule has 138 valence electrons. The van der Waals surface area contributed by atoms with Gasteiger partial charge in [0.15, 0.2) is 0 Å². The van der Waals surface area contributed by atoms with Gasteiger partial charge >= 0.3 is 0 Å². The first-order chi connectivity index (χ1) is 12.0. The predicted octanol–water partition coefficient (Wildman–Crippen LogP) is 2.38. The minimum absolute atomic E-state index is 0.0327. The fourth-order valence-corrected chi connectivity index (χ4v) is 4.19. The highest BCUT2D eigenvalue weighted by molar-refractivity contribution is 5.78. The molecule has 25 heavy (non-hydrogen) atoms. The number of aliphatic hydroxyl groups is 1. The molecule has 0 bridgehead atoms. The number of carbonyl (C=O) groups excluding carboxylic acids is 1. The van der Waals surface area contributed by atoms with E-state index in [4.69, 9.17) is 4.74 Å². The van der Waals surface area contributed by atoms with Gasteiger partial charge in [-0.2, -0.15) is 0 Å². The Balaban J connectivity index is 1.69. The summed E-state index contributed by atoms with van der Waals surface area (Å²) in [5, 5.41) is 11.2. The van der Waals surface area contributed by atoms with Crippen molar-refractivity contribution in [3.05, 3.63) is 29.8 Å². The van der Waals surface area contributed by atoms with E-state index in [0.717, 1.165) is 56.6 Å². The van der Waals surface area contributed by atoms with Crippen molar-refractivity contribution in [2.24, 2.45) is 0 Å². The Morgan fingerprint density at radius 1 is 1.16 bits per heavy atom. The molecule has 0 aliphatic carbocycles. The Kier molecular flexibility index (Phi) is 5.64. The van der Waals surface area contributed by atoms with Crippen molar-refractivity contribution in [2.75, 3.05) is 33.3 Å². The quantitative estimate of drug-likeness (QED) is 0.889. The van der Waals surface area contributed by atoms with Crippen molar-refractivity contribution in [3.8, 4) is 5.75 Å². The molecule has 2 fully saturated rings. The van der Waals surface area contributed by atoms with Crippen molar-refractivity contribution in [1.29, 1.82) is 0 Å². The summed E-state index contributed by atoms with van der Waals surface area (Å²) in [5.41, 5.74) is -0.110. The average Bonchev–Trinajstić information content (AvgIpc) is 3.11. The molecule has 0 saturated carbocycles. The van der Waals surface area contributed by atoms with E-state index in [2.05, 4.69) is 4.90 Å². The van der Waals surface area contributed by atoms with Gasteiger partial charge in [0.1, 0.15) is 11.4 Å². The maximum absolute atomic E-state index is 12.6. The van der Waals surface area contributed by atoms with Crippen LogP contribution < -0.4 is 4.74 Å². The standard InChI is InChI=1S/C20H30N2O3/c1-20(24,16-8-10-17(25-2)11-9-16)18-7-6-14-22(18)15-19(23)21-12-4-3-5-13-21/h8-11,18,24H,3-7,12-15H2,1-2H3/t18-,20+/m0/s1. The van der Waals surface area contributed by atoms with Crippen molar-refractivity contribution in [1.82, 2.24) is 9.80 Å². The molecule has 2 aliphatic rings. The van der Waals surface area contributed by atoms with Crippen molar-refractivity contribution < 1.29 is 14.6 Å². The molecular weight excluding hydrogens is 316 g/mol. The van der Waals surface area contributed by atoms with Crippen LogP contribution in [0.2, 0.25) is 0 Å². The lowest BCUT2D eigenvalue weighted by atomic mass is 9.86. The van der Waals surface area contributed by atoms with E-state index < -0.39 is 5.60 Å². The number of hydrogen-bond acceptors (Lipinski definition) is 4. The van der Waals surface area contributed by atoms with Crippen LogP contribution >= 0.6 is 0 Å². The number of amides is 1. The lowest BCUT2D eigenvalue weighted by molar-refractivity contribution is -0.134. The topological polar surface area (TPSA) is 53.0 Å². The van der Waals surface area contributed by atoms with Gasteiger partial charge < -0.3 is 14.7 Å². The molecule has 0 aromatic heterocycles. The molecule has 2 saturated heterocycles. The molecule has 5 heteroatoms. The van der Waals surface area contributed by atoms with E-state index >= 15 is 0 Å². The second-order valence-corrected chi connectivity index (χ2v) is 7.45. The van der Waals surface area contributed by atoms with Gasteiger partial charge in [0.05, 0.1) is 13.7 Å². The molecule has 2 heterocycles. The Bertz CT molecular complexity index is 579. The maximum atomic E-state index is 12.6. The molecule has 0 spiro atoms. The molecule has 1 aromatic rings. The van der Waals surface area contributed by atoms with E-state index in [0.29, 0.717) is 6.54 Å². The number of ether oxygens (including phenoxy) is 1. The SMILES string of the molecule is COc1ccc([C@@](C)(O)[C@@H]2CCCN2CC(=O)N2CCCCC2)cc1. The molecule has 2 atom stereocenters. The lowest BCUT2D eigenvalue weighted by Gasteiger charge is -2.38. The molecular formula is C20H30N2O3. The third kappa shape index (κ3) is 3.98. The molecule has 0 unspecified atom stereocenters. The first kappa shape index (κ1) is 18.2. The Labute approximate surface area is 150 Å². The van der Waals surface area contributed by atoms with Crippen LogP contribution in [-0.2, 0) is 10.4 Å². The summed E-state index contributed by atoms with van der Waals surface area (Å²) in [6.07, 6.45) is 5.37. The zero-order chi connectivity index (χ0) is 17.9. The van der Waals surface area contributed by atoms with Crippen LogP contribution in [0.5, 0.6) is 5.75 Å². The normalized spacial score (nSPS) is 24.1. The highest BCUT2D eigenvalue weighted by Gasteiger charge is 2.41. The van der Waals surface area contributed by atoms with Gasteiger partial charge in [-0.3, -0.25) is 9.69 Å². The first-order valence-electron chi connectivity index (χ1n) is 9.41. The third-order valence-electron chi connectivity index (χ3n) is 5.73. The Morgan fingerprint density at radius 2 is 1.84 bits per heavy atom. The second-order valence-electron chi connectivity index (χ2n) is 7.45. The zero-order valence-electron chi connectivity index (χ0n) is 15.4. The van der Waals surface area contributed by atoms with Gasteiger partial charge in [0.2, 0.25) is 5.91 Å². The minimum Gasteiger partial charge on any atom is -0.497 e. The maximum Gasteiger partial charge on any atom is 0.236 e. The molecule has 1 amide bonds. The van der Waals surface area contributed by atoms with E-state index in [1.165, 1.54) is 6.42 Å². The van der Waals surface area contributed by atoms with E-state index in [-0.39, 0.29) is 11.9 Å². The minimum atomic E-state index is -0.981. The van der Waals surface area contributed by atoms with Gasteiger partial charge in [0.25, 0.3) is 0 Å². The van der Waals surface area contributed by atoms with Crippen molar-refractivity contribution in [3.63, 3.8) is 0 Å². The number of hydrogen-bond donors (Lipinski definition) is 1. The van der Waals surface area contributed by atoms with Crippen LogP contribution in [0.25, 0.3) is 0 Å². The fourth-order valence-electron chi connectivity index (χ4n) is 4.19. The molecule has 3 rings (SSSR count). The van der Waals surface area contributed by atoms with Gasteiger partial charge in [-0.15, -0.1) is 0 Å². The molecule has 0 radical (unpaired) electrons. The van der Waals surface area contributed by atoms with E-state index in [9.17, 15) is 9.90 Å². The highest BCUT2D eigenvalue weighted by Crippen LogP contribution is 2.35. The summed E-state index contributed by atoms with van der Waals surface area (Å²) in [6.45, 7) is 4.91. The van der Waals surface area contributed by atoms with Gasteiger partial charge in [-0.1, -0.05) is 12.1 Å². The van der Waals surface area contributed by atoms with Crippen molar-refractivity contribution in [2.45, 2.75) is 50.7 Å². The van der Waals surface area contributed by atoms with Gasteiger partial charge in [0, 0.05) is 19.1 Å². The largest absolute Gasteiger partial charge is 0.497 e. The number of carbonyl (C=O) groups is 1. The lowest BCUT2D eigenvalue weighted by Crippen LogP contribution is -2.50. The van der Waals surface area contributed by atoms with Crippen LogP contribution in [0.3, 0.4) is 0 Å². The van der Waals surface area contributed by atoms with E-state index in [1.54, 1.807) is 7.11 Å². The molecule has 5 nitrogen and oxygen atoms in total. The molecule has 1 N–H and O–H groups in total. The molecule has 1 aromatic carbocycles. The van der Waals surface area contributed by atoms with Crippen LogP contribution in [0, 0.1) is 0 Å². The zero-order valence-corrected chi connectivity index (χ0v) is 15.4.